The molecule has 1 unspecified atom stereocenters. The molecule has 0 radical (unpaired) electrons. The minimum atomic E-state index is -1.02. The molecule has 0 saturated heterocycles. The summed E-state index contributed by atoms with van der Waals surface area (Å²) >= 11 is 1.56. The molecule has 1 saturated carbocycles. The van der Waals surface area contributed by atoms with Crippen LogP contribution in [0.15, 0.2) is 42.5 Å². The molecule has 1 aliphatic rings. The van der Waals surface area contributed by atoms with Crippen LogP contribution < -0.4 is 5.32 Å². The van der Waals surface area contributed by atoms with Gasteiger partial charge in [-0.15, -0.1) is 0 Å². The maximum atomic E-state index is 13.3. The molecule has 2 aromatic carbocycles. The summed E-state index contributed by atoms with van der Waals surface area (Å²) in [6, 6.07) is 12.7. The third-order valence-electron chi connectivity index (χ3n) is 7.14. The van der Waals surface area contributed by atoms with E-state index in [1.807, 2.05) is 49.6 Å². The van der Waals surface area contributed by atoms with E-state index >= 15 is 0 Å². The van der Waals surface area contributed by atoms with E-state index < -0.39 is 12.0 Å². The van der Waals surface area contributed by atoms with Gasteiger partial charge in [-0.2, -0.15) is 11.8 Å². The number of carbonyl (C=O) groups is 2. The average molecular weight is 536 g/mol. The summed E-state index contributed by atoms with van der Waals surface area (Å²) in [7, 11) is 1.71. The summed E-state index contributed by atoms with van der Waals surface area (Å²) < 4.78 is 11.8. The van der Waals surface area contributed by atoms with E-state index in [2.05, 4.69) is 5.32 Å². The minimum absolute atomic E-state index is 0. The number of amides is 1. The molecule has 0 bridgehead atoms. The van der Waals surface area contributed by atoms with Gasteiger partial charge in [-0.05, 0) is 72.1 Å². The summed E-state index contributed by atoms with van der Waals surface area (Å²) in [6.07, 6.45) is 9.79. The molecule has 0 aromatic heterocycles. The monoisotopic (exact) mass is 535 g/mol. The van der Waals surface area contributed by atoms with E-state index in [1.54, 1.807) is 24.9 Å². The fourth-order valence-corrected chi connectivity index (χ4v) is 5.56. The van der Waals surface area contributed by atoms with Crippen molar-refractivity contribution in [2.24, 2.45) is 5.92 Å². The summed E-state index contributed by atoms with van der Waals surface area (Å²) in [5, 5.41) is 12.3. The topological polar surface area (TPSA) is 84.9 Å². The molecular weight excluding hydrogens is 493 g/mol. The van der Waals surface area contributed by atoms with Gasteiger partial charge in [0.2, 0.25) is 0 Å². The summed E-state index contributed by atoms with van der Waals surface area (Å²) in [5.74, 6) is -0.0571. The van der Waals surface area contributed by atoms with Gasteiger partial charge in [0.05, 0.1) is 19.3 Å². The third kappa shape index (κ3) is 9.77. The maximum absolute atomic E-state index is 13.3. The number of nitrogens with one attached hydrogen (secondary N) is 1. The Morgan fingerprint density at radius 1 is 1.11 bits per heavy atom. The van der Waals surface area contributed by atoms with E-state index in [9.17, 15) is 14.7 Å². The van der Waals surface area contributed by atoms with Gasteiger partial charge < -0.3 is 19.9 Å². The Balaban J connectivity index is 0.00000507. The van der Waals surface area contributed by atoms with Crippen molar-refractivity contribution < 1.29 is 24.2 Å². The van der Waals surface area contributed by atoms with Gasteiger partial charge in [-0.1, -0.05) is 62.4 Å². The van der Waals surface area contributed by atoms with Gasteiger partial charge in [-0.25, -0.2) is 4.79 Å². The second-order valence-electron chi connectivity index (χ2n) is 9.97. The molecule has 0 heterocycles. The van der Waals surface area contributed by atoms with Gasteiger partial charge in [0.1, 0.15) is 6.04 Å². The predicted octanol–water partition coefficient (Wildman–Crippen LogP) is 5.45. The van der Waals surface area contributed by atoms with Crippen molar-refractivity contribution in [3.05, 3.63) is 59.2 Å². The number of carbonyl (C=O) groups excluding carboxylic acids is 1. The summed E-state index contributed by atoms with van der Waals surface area (Å²) in [5.41, 5.74) is 4.20. The number of benzene rings is 2. The molecule has 1 aliphatic carbocycles. The Labute approximate surface area is 243 Å². The second kappa shape index (κ2) is 17.0. The number of carboxylic acid groups (broad SMARTS) is 1. The molecule has 3 rings (SSSR count). The summed E-state index contributed by atoms with van der Waals surface area (Å²) in [4.78, 5) is 25.0. The fourth-order valence-electron chi connectivity index (χ4n) is 5.08. The van der Waals surface area contributed by atoms with Crippen LogP contribution in [0.3, 0.4) is 0 Å². The van der Waals surface area contributed by atoms with Gasteiger partial charge in [-0.3, -0.25) is 4.79 Å². The Bertz CT molecular complexity index is 1030. The van der Waals surface area contributed by atoms with Crippen LogP contribution in [-0.4, -0.2) is 73.7 Å². The quantitative estimate of drug-likeness (QED) is 0.313. The number of aryl methyl sites for hydroxylation is 1. The molecule has 1 amide bonds. The van der Waals surface area contributed by atoms with E-state index in [4.69, 9.17) is 9.47 Å². The molecule has 0 aliphatic heterocycles. The number of methoxy groups -OCH3 is 1. The van der Waals surface area contributed by atoms with Crippen LogP contribution in [0.5, 0.6) is 0 Å². The van der Waals surface area contributed by atoms with Crippen molar-refractivity contribution in [1.29, 1.82) is 0 Å². The Hall–Kier alpha value is -1.75. The molecular formula is C30H42LiNO5S. The van der Waals surface area contributed by atoms with Gasteiger partial charge in [0.15, 0.2) is 0 Å². The zero-order chi connectivity index (χ0) is 26.6. The normalized spacial score (nSPS) is 15.3. The molecule has 204 valence electrons. The first-order valence-electron chi connectivity index (χ1n) is 13.2. The van der Waals surface area contributed by atoms with Gasteiger partial charge in [0, 0.05) is 12.7 Å². The summed E-state index contributed by atoms with van der Waals surface area (Å²) in [6.45, 7) is 3.00. The number of thioether (sulfide) groups is 1. The predicted molar refractivity (Wildman–Crippen MR) is 157 cm³/mol. The standard InChI is InChI=1S/C30H41NO5S.Li.H/c1-21-9-7-8-12-25(21)27-18-23(19-36-24(20-35-2)17-22-10-5-4-6-11-22)13-14-26(27)29(32)31-28(30(33)34)15-16-37-3;;/h7-9,12-14,18,22,24,28H,4-6,10-11,15-17,19-20H2,1-3H3,(H,31,32)(H,33,34);;/t24?,28-;;/m0../s1. The van der Waals surface area contributed by atoms with E-state index in [0.29, 0.717) is 36.9 Å². The molecule has 2 atom stereocenters. The van der Waals surface area contributed by atoms with Crippen molar-refractivity contribution in [1.82, 2.24) is 5.32 Å². The number of ether oxygens (including phenoxy) is 2. The van der Waals surface area contributed by atoms with Crippen LogP contribution in [0.1, 0.15) is 66.4 Å². The van der Waals surface area contributed by atoms with Crippen LogP contribution >= 0.6 is 11.8 Å². The number of hydrogen-bond acceptors (Lipinski definition) is 5. The first kappa shape index (κ1) is 32.5. The van der Waals surface area contributed by atoms with Crippen molar-refractivity contribution in [3.8, 4) is 11.1 Å². The van der Waals surface area contributed by atoms with Gasteiger partial charge >= 0.3 is 24.8 Å². The molecule has 6 nitrogen and oxygen atoms in total. The number of rotatable bonds is 14. The first-order valence-corrected chi connectivity index (χ1v) is 14.6. The molecule has 2 N–H and O–H groups in total. The molecule has 8 heteroatoms. The average Bonchev–Trinajstić information content (AvgIpc) is 2.90. The third-order valence-corrected chi connectivity index (χ3v) is 7.78. The number of hydrogen-bond donors (Lipinski definition) is 2. The number of carboxylic acids is 1. The zero-order valence-electron chi connectivity index (χ0n) is 22.3. The van der Waals surface area contributed by atoms with Crippen molar-refractivity contribution >= 4 is 42.5 Å². The van der Waals surface area contributed by atoms with Gasteiger partial charge in [0.25, 0.3) is 5.91 Å². The SMILES string of the molecule is COCC(CC1CCCCC1)OCc1ccc(C(=O)N[C@@H](CCSC)C(=O)O)c(-c2ccccc2C)c1.[LiH]. The molecule has 38 heavy (non-hydrogen) atoms. The van der Waals surface area contributed by atoms with E-state index in [-0.39, 0.29) is 30.9 Å². The molecule has 0 spiro atoms. The second-order valence-corrected chi connectivity index (χ2v) is 11.0. The Morgan fingerprint density at radius 3 is 2.50 bits per heavy atom. The fraction of sp³-hybridized carbons (Fsp3) is 0.533. The van der Waals surface area contributed by atoms with Crippen LogP contribution in [0.2, 0.25) is 0 Å². The van der Waals surface area contributed by atoms with Crippen molar-refractivity contribution in [3.63, 3.8) is 0 Å². The first-order chi connectivity index (χ1) is 17.9. The van der Waals surface area contributed by atoms with E-state index in [1.165, 1.54) is 32.1 Å². The molecule has 2 aromatic rings. The Kier molecular flexibility index (Phi) is 14.6. The van der Waals surface area contributed by atoms with Crippen molar-refractivity contribution in [2.75, 3.05) is 25.7 Å². The number of aliphatic carboxylic acids is 1. The van der Waals surface area contributed by atoms with Crippen molar-refractivity contribution in [2.45, 2.75) is 70.6 Å². The zero-order valence-corrected chi connectivity index (χ0v) is 23.1. The van der Waals surface area contributed by atoms with Crippen LogP contribution in [0.4, 0.5) is 0 Å². The van der Waals surface area contributed by atoms with Crippen LogP contribution in [0.25, 0.3) is 11.1 Å². The Morgan fingerprint density at radius 2 is 1.84 bits per heavy atom. The van der Waals surface area contributed by atoms with E-state index in [0.717, 1.165) is 28.7 Å². The van der Waals surface area contributed by atoms with Crippen LogP contribution in [0, 0.1) is 12.8 Å². The molecule has 1 fully saturated rings. The van der Waals surface area contributed by atoms with Crippen LogP contribution in [-0.2, 0) is 20.9 Å².